The van der Waals surface area contributed by atoms with Crippen LogP contribution in [0.4, 0.5) is 21.9 Å². The number of carbonyl (C=O) groups is 2. The first kappa shape index (κ1) is 20.0. The lowest BCUT2D eigenvalue weighted by molar-refractivity contribution is 0.0955. The molecule has 2 aromatic carbocycles. The maximum atomic E-state index is 12.5. The summed E-state index contributed by atoms with van der Waals surface area (Å²) in [5, 5.41) is 12.4. The summed E-state index contributed by atoms with van der Waals surface area (Å²) in [5.41, 5.74) is 5.96. The van der Waals surface area contributed by atoms with Gasteiger partial charge in [-0.3, -0.25) is 20.4 Å². The van der Waals surface area contributed by atoms with Crippen LogP contribution in [0.2, 0.25) is 0 Å². The van der Waals surface area contributed by atoms with Gasteiger partial charge in [-0.1, -0.05) is 18.2 Å². The minimum absolute atomic E-state index is 0.0512. The Balaban J connectivity index is 1.49. The summed E-state index contributed by atoms with van der Waals surface area (Å²) in [5.74, 6) is -0.179. The number of cyclic esters (lactones) is 1. The quantitative estimate of drug-likeness (QED) is 0.655. The Morgan fingerprint density at radius 3 is 2.67 bits per heavy atom. The molecule has 2 heterocycles. The zero-order valence-corrected chi connectivity index (χ0v) is 16.9. The normalized spacial score (nSPS) is 16.7. The molecule has 0 aliphatic carbocycles. The van der Waals surface area contributed by atoms with Crippen LogP contribution in [0.15, 0.2) is 42.5 Å². The average molecular weight is 410 g/mol. The first-order valence-corrected chi connectivity index (χ1v) is 10.2. The van der Waals surface area contributed by atoms with Crippen molar-refractivity contribution in [2.75, 3.05) is 34.9 Å². The van der Waals surface area contributed by atoms with Gasteiger partial charge in [-0.15, -0.1) is 0 Å². The van der Waals surface area contributed by atoms with Gasteiger partial charge in [-0.05, 0) is 44.0 Å². The van der Waals surface area contributed by atoms with Crippen LogP contribution in [0.5, 0.6) is 0 Å². The molecule has 1 fully saturated rings. The number of nitrogens with one attached hydrogen (secondary N) is 2. The Morgan fingerprint density at radius 2 is 1.93 bits per heavy atom. The zero-order chi connectivity index (χ0) is 21.1. The number of rotatable bonds is 5. The smallest absolute Gasteiger partial charge is 0.414 e. The third kappa shape index (κ3) is 3.78. The molecule has 2 amide bonds. The Morgan fingerprint density at radius 1 is 1.17 bits per heavy atom. The van der Waals surface area contributed by atoms with Gasteiger partial charge in [0.25, 0.3) is 5.91 Å². The van der Waals surface area contributed by atoms with Gasteiger partial charge in [0.1, 0.15) is 6.61 Å². The number of hydrogen-bond acceptors (Lipinski definition) is 6. The number of anilines is 3. The van der Waals surface area contributed by atoms with Gasteiger partial charge in [0.05, 0.1) is 17.1 Å². The fraction of sp³-hybridized carbons (Fsp3) is 0.364. The van der Waals surface area contributed by atoms with Crippen LogP contribution in [-0.4, -0.2) is 42.9 Å². The van der Waals surface area contributed by atoms with Gasteiger partial charge in [-0.25, -0.2) is 4.79 Å². The molecule has 0 atom stereocenters. The van der Waals surface area contributed by atoms with Crippen molar-refractivity contribution in [1.82, 2.24) is 5.32 Å². The third-order valence-corrected chi connectivity index (χ3v) is 5.69. The van der Waals surface area contributed by atoms with Crippen molar-refractivity contribution in [2.45, 2.75) is 32.4 Å². The van der Waals surface area contributed by atoms with Crippen molar-refractivity contribution >= 4 is 29.1 Å². The van der Waals surface area contributed by atoms with E-state index in [2.05, 4.69) is 15.7 Å². The van der Waals surface area contributed by atoms with Gasteiger partial charge in [0, 0.05) is 36.8 Å². The molecule has 0 aromatic heterocycles. The SMILES string of the molecule is CCNC(=O)c1ccc(N2CCC(N3C(=O)OCc4ccccc43)CC2)c(NO)c1. The van der Waals surface area contributed by atoms with Crippen LogP contribution in [-0.2, 0) is 11.3 Å². The standard InChI is InChI=1S/C22H26N4O4/c1-2-23-21(27)15-7-8-20(18(13-15)24-29)25-11-9-17(10-12-25)26-19-6-4-3-5-16(19)14-30-22(26)28/h3-8,13,17,24,29H,2,9-12,14H2,1H3,(H,23,27). The van der Waals surface area contributed by atoms with Crippen molar-refractivity contribution in [3.8, 4) is 0 Å². The van der Waals surface area contributed by atoms with Crippen molar-refractivity contribution < 1.29 is 19.5 Å². The second-order valence-electron chi connectivity index (χ2n) is 7.47. The summed E-state index contributed by atoms with van der Waals surface area (Å²) in [6.07, 6.45) is 1.25. The summed E-state index contributed by atoms with van der Waals surface area (Å²) in [4.78, 5) is 28.5. The summed E-state index contributed by atoms with van der Waals surface area (Å²) < 4.78 is 5.37. The maximum Gasteiger partial charge on any atom is 0.414 e. The van der Waals surface area contributed by atoms with E-state index in [1.807, 2.05) is 37.3 Å². The van der Waals surface area contributed by atoms with E-state index in [1.165, 1.54) is 0 Å². The summed E-state index contributed by atoms with van der Waals surface area (Å²) in [6.45, 7) is 4.14. The van der Waals surface area contributed by atoms with E-state index < -0.39 is 0 Å². The first-order chi connectivity index (χ1) is 14.6. The van der Waals surface area contributed by atoms with Gasteiger partial charge in [-0.2, -0.15) is 0 Å². The number of piperidine rings is 1. The number of fused-ring (bicyclic) bond motifs is 1. The van der Waals surface area contributed by atoms with Gasteiger partial charge >= 0.3 is 6.09 Å². The second kappa shape index (κ2) is 8.62. The Kier molecular flexibility index (Phi) is 5.76. The highest BCUT2D eigenvalue weighted by Gasteiger charge is 2.34. The lowest BCUT2D eigenvalue weighted by Gasteiger charge is -2.41. The molecule has 158 valence electrons. The van der Waals surface area contributed by atoms with Crippen LogP contribution >= 0.6 is 0 Å². The van der Waals surface area contributed by atoms with E-state index in [4.69, 9.17) is 4.74 Å². The molecule has 0 saturated carbocycles. The molecule has 2 aromatic rings. The van der Waals surface area contributed by atoms with Crippen LogP contribution < -0.4 is 20.6 Å². The molecule has 2 aliphatic rings. The van der Waals surface area contributed by atoms with Crippen molar-refractivity contribution in [3.05, 3.63) is 53.6 Å². The number of amides is 2. The molecule has 30 heavy (non-hydrogen) atoms. The number of benzene rings is 2. The first-order valence-electron chi connectivity index (χ1n) is 10.2. The highest BCUT2D eigenvalue weighted by Crippen LogP contribution is 2.34. The Hall–Kier alpha value is -3.26. The van der Waals surface area contributed by atoms with Gasteiger partial charge in [0.15, 0.2) is 0 Å². The van der Waals surface area contributed by atoms with Crippen LogP contribution in [0.1, 0.15) is 35.7 Å². The number of para-hydroxylation sites is 1. The van der Waals surface area contributed by atoms with E-state index in [1.54, 1.807) is 17.0 Å². The van der Waals surface area contributed by atoms with Crippen LogP contribution in [0.3, 0.4) is 0 Å². The number of nitrogens with zero attached hydrogens (tertiary/aromatic N) is 2. The molecule has 0 radical (unpaired) electrons. The number of ether oxygens (including phenoxy) is 1. The molecule has 0 bridgehead atoms. The number of carbonyl (C=O) groups excluding carboxylic acids is 2. The molecule has 0 unspecified atom stereocenters. The van der Waals surface area contributed by atoms with Crippen molar-refractivity contribution in [3.63, 3.8) is 0 Å². The topological polar surface area (TPSA) is 94.1 Å². The molecule has 1 saturated heterocycles. The zero-order valence-electron chi connectivity index (χ0n) is 16.9. The largest absolute Gasteiger partial charge is 0.444 e. The second-order valence-corrected chi connectivity index (χ2v) is 7.47. The van der Waals surface area contributed by atoms with E-state index in [9.17, 15) is 14.8 Å². The molecular weight excluding hydrogens is 384 g/mol. The lowest BCUT2D eigenvalue weighted by atomic mass is 9.99. The lowest BCUT2D eigenvalue weighted by Crippen LogP contribution is -2.49. The summed E-state index contributed by atoms with van der Waals surface area (Å²) in [7, 11) is 0. The molecular formula is C22H26N4O4. The van der Waals surface area contributed by atoms with Crippen LogP contribution in [0.25, 0.3) is 0 Å². The van der Waals surface area contributed by atoms with E-state index in [-0.39, 0.29) is 18.0 Å². The fourth-order valence-electron chi connectivity index (χ4n) is 4.19. The predicted octanol–water partition coefficient (Wildman–Crippen LogP) is 3.36. The van der Waals surface area contributed by atoms with E-state index >= 15 is 0 Å². The predicted molar refractivity (Wildman–Crippen MR) is 114 cm³/mol. The fourth-order valence-corrected chi connectivity index (χ4v) is 4.19. The summed E-state index contributed by atoms with van der Waals surface area (Å²) >= 11 is 0. The van der Waals surface area contributed by atoms with Gasteiger partial charge < -0.3 is 15.0 Å². The monoisotopic (exact) mass is 410 g/mol. The highest BCUT2D eigenvalue weighted by molar-refractivity contribution is 5.96. The van der Waals surface area contributed by atoms with Crippen LogP contribution in [0, 0.1) is 0 Å². The molecule has 0 spiro atoms. The van der Waals surface area contributed by atoms with Crippen molar-refractivity contribution in [1.29, 1.82) is 0 Å². The minimum Gasteiger partial charge on any atom is -0.444 e. The minimum atomic E-state index is -0.295. The van der Waals surface area contributed by atoms with E-state index in [0.29, 0.717) is 37.5 Å². The molecule has 8 nitrogen and oxygen atoms in total. The summed E-state index contributed by atoms with van der Waals surface area (Å²) in [6, 6.07) is 13.1. The Bertz CT molecular complexity index is 940. The average Bonchev–Trinajstić information content (AvgIpc) is 2.79. The molecule has 3 N–H and O–H groups in total. The van der Waals surface area contributed by atoms with Gasteiger partial charge in [0.2, 0.25) is 0 Å². The molecule has 2 aliphatic heterocycles. The molecule has 8 heteroatoms. The van der Waals surface area contributed by atoms with Crippen molar-refractivity contribution in [2.24, 2.45) is 0 Å². The Labute approximate surface area is 175 Å². The molecule has 4 rings (SSSR count). The maximum absolute atomic E-state index is 12.5. The third-order valence-electron chi connectivity index (χ3n) is 5.69. The number of hydrogen-bond donors (Lipinski definition) is 3. The van der Waals surface area contributed by atoms with E-state index in [0.717, 1.165) is 29.8 Å². The highest BCUT2D eigenvalue weighted by atomic mass is 16.6.